The van der Waals surface area contributed by atoms with Gasteiger partial charge in [-0.2, -0.15) is 10.2 Å². The molecule has 0 amide bonds. The van der Waals surface area contributed by atoms with E-state index in [0.29, 0.717) is 11.7 Å². The van der Waals surface area contributed by atoms with E-state index >= 15 is 0 Å². The van der Waals surface area contributed by atoms with Crippen LogP contribution in [0.3, 0.4) is 0 Å². The molecule has 0 saturated carbocycles. The highest BCUT2D eigenvalue weighted by molar-refractivity contribution is 9.11. The number of aromatic nitrogens is 2. The molecule has 7 heteroatoms. The van der Waals surface area contributed by atoms with Gasteiger partial charge in [-0.05, 0) is 28.1 Å². The molecule has 2 aromatic heterocycles. The van der Waals surface area contributed by atoms with Crippen LogP contribution in [0.25, 0.3) is 10.7 Å². The van der Waals surface area contributed by atoms with E-state index in [-0.39, 0.29) is 12.8 Å². The van der Waals surface area contributed by atoms with E-state index in [1.807, 2.05) is 18.2 Å². The number of aliphatic hydroxyl groups excluding tert-OH is 1. The largest absolute Gasteiger partial charge is 0.392 e. The zero-order chi connectivity index (χ0) is 12.3. The van der Waals surface area contributed by atoms with Crippen molar-refractivity contribution in [3.8, 4) is 16.8 Å². The summed E-state index contributed by atoms with van der Waals surface area (Å²) >= 11 is 4.85. The number of halogens is 1. The fourth-order valence-corrected chi connectivity index (χ4v) is 2.56. The lowest BCUT2D eigenvalue weighted by molar-refractivity contribution is 0.167. The summed E-state index contributed by atoms with van der Waals surface area (Å²) in [5.74, 6) is 0.840. The Kier molecular flexibility index (Phi) is 3.89. The lowest BCUT2D eigenvalue weighted by atomic mass is 10.2. The molecule has 1 N–H and O–H groups in total. The lowest BCUT2D eigenvalue weighted by Gasteiger charge is -1.99. The van der Waals surface area contributed by atoms with E-state index in [1.54, 1.807) is 0 Å². The maximum atomic E-state index is 9.43. The number of nitrogens with zero attached hydrogens (tertiary/aromatic N) is 3. The molecule has 0 radical (unpaired) electrons. The molecular formula is C10H8BrN3O2S. The molecule has 1 atom stereocenters. The summed E-state index contributed by atoms with van der Waals surface area (Å²) < 4.78 is 6.00. The van der Waals surface area contributed by atoms with Crippen molar-refractivity contribution in [1.29, 1.82) is 5.26 Å². The molecule has 0 bridgehead atoms. The molecule has 0 aliphatic heterocycles. The van der Waals surface area contributed by atoms with Gasteiger partial charge in [-0.25, -0.2) is 0 Å². The molecule has 1 unspecified atom stereocenters. The van der Waals surface area contributed by atoms with Crippen molar-refractivity contribution in [2.75, 3.05) is 0 Å². The second kappa shape index (κ2) is 5.40. The Balaban J connectivity index is 2.09. The van der Waals surface area contributed by atoms with Crippen LogP contribution in [0.2, 0.25) is 0 Å². The molecule has 2 rings (SSSR count). The first kappa shape index (κ1) is 12.2. The number of hydrogen-bond donors (Lipinski definition) is 1. The van der Waals surface area contributed by atoms with Crippen molar-refractivity contribution < 1.29 is 9.63 Å². The second-order valence-electron chi connectivity index (χ2n) is 3.34. The second-order valence-corrected chi connectivity index (χ2v) is 5.80. The van der Waals surface area contributed by atoms with Crippen LogP contribution >= 0.6 is 27.3 Å². The summed E-state index contributed by atoms with van der Waals surface area (Å²) in [5, 5.41) is 21.7. The SMILES string of the molecule is N#CCC(O)Cc1nc(-c2ccc(Br)s2)no1. The Morgan fingerprint density at radius 1 is 1.59 bits per heavy atom. The Morgan fingerprint density at radius 2 is 2.41 bits per heavy atom. The van der Waals surface area contributed by atoms with Crippen molar-refractivity contribution in [3.05, 3.63) is 21.8 Å². The predicted octanol–water partition coefficient (Wildman–Crippen LogP) is 2.38. The van der Waals surface area contributed by atoms with Gasteiger partial charge in [-0.15, -0.1) is 11.3 Å². The van der Waals surface area contributed by atoms with Gasteiger partial charge in [0.05, 0.1) is 33.7 Å². The van der Waals surface area contributed by atoms with E-state index in [1.165, 1.54) is 11.3 Å². The monoisotopic (exact) mass is 313 g/mol. The normalized spacial score (nSPS) is 12.3. The minimum absolute atomic E-state index is 0.0578. The molecule has 0 aliphatic rings. The first-order valence-corrected chi connectivity index (χ1v) is 6.43. The Bertz CT molecular complexity index is 546. The molecule has 2 heterocycles. The zero-order valence-corrected chi connectivity index (χ0v) is 11.0. The third-order valence-corrected chi connectivity index (χ3v) is 3.62. The smallest absolute Gasteiger partial charge is 0.229 e. The molecule has 0 aliphatic carbocycles. The quantitative estimate of drug-likeness (QED) is 0.937. The van der Waals surface area contributed by atoms with Gasteiger partial charge in [-0.1, -0.05) is 5.16 Å². The maximum absolute atomic E-state index is 9.43. The van der Waals surface area contributed by atoms with Gasteiger partial charge in [0.2, 0.25) is 11.7 Å². The van der Waals surface area contributed by atoms with Crippen molar-refractivity contribution in [1.82, 2.24) is 10.1 Å². The molecule has 17 heavy (non-hydrogen) atoms. The molecular weight excluding hydrogens is 306 g/mol. The highest BCUT2D eigenvalue weighted by Gasteiger charge is 2.14. The van der Waals surface area contributed by atoms with Gasteiger partial charge in [0.15, 0.2) is 0 Å². The number of thiophene rings is 1. The van der Waals surface area contributed by atoms with Crippen LogP contribution in [0.4, 0.5) is 0 Å². The minimum atomic E-state index is -0.761. The Morgan fingerprint density at radius 3 is 3.06 bits per heavy atom. The van der Waals surface area contributed by atoms with Crippen LogP contribution in [0, 0.1) is 11.3 Å². The topological polar surface area (TPSA) is 82.9 Å². The fourth-order valence-electron chi connectivity index (χ4n) is 1.25. The molecule has 0 saturated heterocycles. The number of nitriles is 1. The molecule has 2 aromatic rings. The summed E-state index contributed by atoms with van der Waals surface area (Å²) in [4.78, 5) is 5.05. The van der Waals surface area contributed by atoms with Crippen LogP contribution in [-0.4, -0.2) is 21.4 Å². The van der Waals surface area contributed by atoms with E-state index in [4.69, 9.17) is 9.78 Å². The van der Waals surface area contributed by atoms with E-state index in [2.05, 4.69) is 26.1 Å². The van der Waals surface area contributed by atoms with Crippen LogP contribution < -0.4 is 0 Å². The van der Waals surface area contributed by atoms with Crippen molar-refractivity contribution in [3.63, 3.8) is 0 Å². The zero-order valence-electron chi connectivity index (χ0n) is 8.63. The van der Waals surface area contributed by atoms with Crippen molar-refractivity contribution >= 4 is 27.3 Å². The first-order valence-electron chi connectivity index (χ1n) is 4.82. The minimum Gasteiger partial charge on any atom is -0.392 e. The average molecular weight is 314 g/mol. The number of rotatable bonds is 4. The van der Waals surface area contributed by atoms with Gasteiger partial charge < -0.3 is 9.63 Å². The Labute approximate surface area is 110 Å². The fraction of sp³-hybridized carbons (Fsp3) is 0.300. The van der Waals surface area contributed by atoms with Gasteiger partial charge in [-0.3, -0.25) is 0 Å². The summed E-state index contributed by atoms with van der Waals surface area (Å²) in [6, 6.07) is 5.67. The van der Waals surface area contributed by atoms with Crippen LogP contribution in [-0.2, 0) is 6.42 Å². The Hall–Kier alpha value is -1.23. The van der Waals surface area contributed by atoms with Gasteiger partial charge in [0, 0.05) is 0 Å². The first-order chi connectivity index (χ1) is 8.19. The summed E-state index contributed by atoms with van der Waals surface area (Å²) in [6.07, 6.45) is -0.501. The highest BCUT2D eigenvalue weighted by Crippen LogP contribution is 2.29. The lowest BCUT2D eigenvalue weighted by Crippen LogP contribution is -2.09. The van der Waals surface area contributed by atoms with E-state index in [9.17, 15) is 5.11 Å². The average Bonchev–Trinajstić information content (AvgIpc) is 2.87. The van der Waals surface area contributed by atoms with E-state index in [0.717, 1.165) is 8.66 Å². The molecule has 0 aromatic carbocycles. The number of aliphatic hydroxyl groups is 1. The van der Waals surface area contributed by atoms with Gasteiger partial charge in [0.1, 0.15) is 0 Å². The molecule has 0 spiro atoms. The van der Waals surface area contributed by atoms with Crippen LogP contribution in [0.5, 0.6) is 0 Å². The summed E-state index contributed by atoms with van der Waals surface area (Å²) in [6.45, 7) is 0. The third kappa shape index (κ3) is 3.12. The van der Waals surface area contributed by atoms with Gasteiger partial charge >= 0.3 is 0 Å². The molecule has 5 nitrogen and oxygen atoms in total. The van der Waals surface area contributed by atoms with Crippen LogP contribution in [0.15, 0.2) is 20.4 Å². The standard InChI is InChI=1S/C10H8BrN3O2S/c11-8-2-1-7(17-8)10-13-9(16-14-10)5-6(15)3-4-12/h1-2,6,15H,3,5H2. The molecule has 88 valence electrons. The number of hydrogen-bond acceptors (Lipinski definition) is 6. The van der Waals surface area contributed by atoms with Gasteiger partial charge in [0.25, 0.3) is 0 Å². The highest BCUT2D eigenvalue weighted by atomic mass is 79.9. The summed E-state index contributed by atoms with van der Waals surface area (Å²) in [5.41, 5.74) is 0. The third-order valence-electron chi connectivity index (χ3n) is 2.00. The molecule has 0 fully saturated rings. The van der Waals surface area contributed by atoms with E-state index < -0.39 is 6.10 Å². The summed E-state index contributed by atoms with van der Waals surface area (Å²) in [7, 11) is 0. The van der Waals surface area contributed by atoms with Crippen molar-refractivity contribution in [2.24, 2.45) is 0 Å². The maximum Gasteiger partial charge on any atom is 0.229 e. The van der Waals surface area contributed by atoms with Crippen molar-refractivity contribution in [2.45, 2.75) is 18.9 Å². The van der Waals surface area contributed by atoms with Crippen LogP contribution in [0.1, 0.15) is 12.3 Å². The predicted molar refractivity (Wildman–Crippen MR) is 65.3 cm³/mol.